The number of aromatic nitrogens is 2. The van der Waals surface area contributed by atoms with Crippen LogP contribution >= 0.6 is 0 Å². The number of hydrogen-bond donors (Lipinski definition) is 1. The smallest absolute Gasteiger partial charge is 0.245 e. The van der Waals surface area contributed by atoms with Crippen LogP contribution in [0, 0.1) is 18.3 Å². The number of amides is 2. The zero-order chi connectivity index (χ0) is 24.3. The molecule has 0 fully saturated rings. The van der Waals surface area contributed by atoms with Crippen molar-refractivity contribution in [2.24, 2.45) is 11.3 Å². The van der Waals surface area contributed by atoms with E-state index in [4.69, 9.17) is 5.10 Å². The maximum atomic E-state index is 12.8. The van der Waals surface area contributed by atoms with Crippen molar-refractivity contribution in [2.75, 3.05) is 18.9 Å². The van der Waals surface area contributed by atoms with Gasteiger partial charge in [0.25, 0.3) is 0 Å². The minimum absolute atomic E-state index is 0.00484. The molecular formula is C26H40N4O2. The number of anilines is 1. The summed E-state index contributed by atoms with van der Waals surface area (Å²) in [5.41, 5.74) is 2.87. The molecule has 0 spiro atoms. The van der Waals surface area contributed by atoms with E-state index in [0.717, 1.165) is 23.4 Å². The molecule has 0 saturated heterocycles. The van der Waals surface area contributed by atoms with Gasteiger partial charge in [-0.3, -0.25) is 9.59 Å². The highest BCUT2D eigenvalue weighted by molar-refractivity contribution is 5.94. The maximum Gasteiger partial charge on any atom is 0.245 e. The number of hydrogen-bond acceptors (Lipinski definition) is 3. The number of benzene rings is 1. The van der Waals surface area contributed by atoms with E-state index in [2.05, 4.69) is 53.8 Å². The molecule has 1 aromatic carbocycles. The molecule has 1 aromatic heterocycles. The van der Waals surface area contributed by atoms with E-state index in [1.54, 1.807) is 11.7 Å². The van der Waals surface area contributed by atoms with E-state index in [1.165, 1.54) is 4.90 Å². The lowest BCUT2D eigenvalue weighted by Crippen LogP contribution is -2.36. The summed E-state index contributed by atoms with van der Waals surface area (Å²) in [4.78, 5) is 27.0. The topological polar surface area (TPSA) is 67.2 Å². The van der Waals surface area contributed by atoms with Crippen LogP contribution in [0.4, 0.5) is 5.82 Å². The second kappa shape index (κ2) is 9.88. The molecule has 1 unspecified atom stereocenters. The van der Waals surface area contributed by atoms with Crippen LogP contribution in [0.25, 0.3) is 5.69 Å². The number of nitrogens with zero attached hydrogens (tertiary/aromatic N) is 3. The zero-order valence-corrected chi connectivity index (χ0v) is 21.2. The maximum absolute atomic E-state index is 12.8. The normalized spacial score (nSPS) is 13.0. The van der Waals surface area contributed by atoms with Crippen molar-refractivity contribution < 1.29 is 9.59 Å². The minimum atomic E-state index is -0.237. The lowest BCUT2D eigenvalue weighted by Gasteiger charge is -2.24. The van der Waals surface area contributed by atoms with Crippen molar-refractivity contribution in [3.8, 4) is 5.69 Å². The molecular weight excluding hydrogens is 400 g/mol. The molecule has 0 saturated carbocycles. The number of likely N-dealkylation sites (N-methyl/N-ethyl adjacent to an activating group) is 1. The van der Waals surface area contributed by atoms with E-state index in [1.807, 2.05) is 37.3 Å². The van der Waals surface area contributed by atoms with Crippen LogP contribution in [0.2, 0.25) is 0 Å². The number of carbonyl (C=O) groups is 2. The molecule has 176 valence electrons. The second-order valence-electron chi connectivity index (χ2n) is 11.2. The average molecular weight is 441 g/mol. The SMILES string of the molecule is Cc1ccccc1-n1nc(C(C)(C)C)cc1NC(=O)CN(C)C(=O)CC(C)CC(C)(C)C. The first-order valence-electron chi connectivity index (χ1n) is 11.4. The molecule has 0 aliphatic carbocycles. The van der Waals surface area contributed by atoms with Crippen molar-refractivity contribution in [2.45, 2.75) is 73.6 Å². The third kappa shape index (κ3) is 7.21. The van der Waals surface area contributed by atoms with Crippen LogP contribution in [0.3, 0.4) is 0 Å². The predicted molar refractivity (Wildman–Crippen MR) is 131 cm³/mol. The Morgan fingerprint density at radius 3 is 2.31 bits per heavy atom. The Balaban J connectivity index is 2.14. The monoisotopic (exact) mass is 440 g/mol. The highest BCUT2D eigenvalue weighted by Gasteiger charge is 2.24. The van der Waals surface area contributed by atoms with Crippen LogP contribution in [-0.4, -0.2) is 40.1 Å². The van der Waals surface area contributed by atoms with Crippen molar-refractivity contribution in [3.63, 3.8) is 0 Å². The number of carbonyl (C=O) groups excluding carboxylic acids is 2. The first-order chi connectivity index (χ1) is 14.7. The van der Waals surface area contributed by atoms with E-state index in [9.17, 15) is 9.59 Å². The molecule has 2 aromatic rings. The average Bonchev–Trinajstić information content (AvgIpc) is 3.04. The van der Waals surface area contributed by atoms with Gasteiger partial charge in [0.2, 0.25) is 11.8 Å². The molecule has 1 heterocycles. The highest BCUT2D eigenvalue weighted by atomic mass is 16.2. The molecule has 0 radical (unpaired) electrons. The summed E-state index contributed by atoms with van der Waals surface area (Å²) in [6.07, 6.45) is 1.40. The van der Waals surface area contributed by atoms with E-state index in [-0.39, 0.29) is 35.1 Å². The van der Waals surface area contributed by atoms with Gasteiger partial charge >= 0.3 is 0 Å². The van der Waals surface area contributed by atoms with Gasteiger partial charge in [0.1, 0.15) is 5.82 Å². The van der Waals surface area contributed by atoms with Gasteiger partial charge in [-0.25, -0.2) is 4.68 Å². The first kappa shape index (κ1) is 25.6. The predicted octanol–water partition coefficient (Wildman–Crippen LogP) is 5.34. The summed E-state index contributed by atoms with van der Waals surface area (Å²) >= 11 is 0. The first-order valence-corrected chi connectivity index (χ1v) is 11.4. The van der Waals surface area contributed by atoms with Gasteiger partial charge < -0.3 is 10.2 Å². The Bertz CT molecular complexity index is 947. The van der Waals surface area contributed by atoms with Crippen LogP contribution < -0.4 is 5.32 Å². The summed E-state index contributed by atoms with van der Waals surface area (Å²) in [6.45, 7) is 16.9. The minimum Gasteiger partial charge on any atom is -0.336 e. The van der Waals surface area contributed by atoms with Crippen molar-refractivity contribution in [1.29, 1.82) is 0 Å². The van der Waals surface area contributed by atoms with E-state index < -0.39 is 0 Å². The molecule has 6 heteroatoms. The number of rotatable bonds is 7. The third-order valence-electron chi connectivity index (χ3n) is 5.38. The van der Waals surface area contributed by atoms with Gasteiger partial charge in [0.05, 0.1) is 17.9 Å². The van der Waals surface area contributed by atoms with Crippen LogP contribution in [0.1, 0.15) is 72.6 Å². The van der Waals surface area contributed by atoms with Gasteiger partial charge in [-0.15, -0.1) is 0 Å². The molecule has 2 rings (SSSR count). The number of para-hydroxylation sites is 1. The van der Waals surface area contributed by atoms with Crippen molar-refractivity contribution in [1.82, 2.24) is 14.7 Å². The molecule has 6 nitrogen and oxygen atoms in total. The third-order valence-corrected chi connectivity index (χ3v) is 5.38. The van der Waals surface area contributed by atoms with E-state index in [0.29, 0.717) is 12.2 Å². The van der Waals surface area contributed by atoms with Gasteiger partial charge in [-0.2, -0.15) is 5.10 Å². The summed E-state index contributed by atoms with van der Waals surface area (Å²) in [7, 11) is 1.69. The molecule has 1 N–H and O–H groups in total. The Hall–Kier alpha value is -2.63. The fraction of sp³-hybridized carbons (Fsp3) is 0.577. The van der Waals surface area contributed by atoms with Crippen LogP contribution in [0.5, 0.6) is 0 Å². The number of nitrogens with one attached hydrogen (secondary N) is 1. The molecule has 2 amide bonds. The lowest BCUT2D eigenvalue weighted by molar-refractivity contribution is -0.134. The Morgan fingerprint density at radius 2 is 1.75 bits per heavy atom. The highest BCUT2D eigenvalue weighted by Crippen LogP contribution is 2.28. The van der Waals surface area contributed by atoms with Gasteiger partial charge in [0, 0.05) is 24.9 Å². The fourth-order valence-corrected chi connectivity index (χ4v) is 3.88. The zero-order valence-electron chi connectivity index (χ0n) is 21.2. The van der Waals surface area contributed by atoms with Crippen molar-refractivity contribution in [3.05, 3.63) is 41.6 Å². The summed E-state index contributed by atoms with van der Waals surface area (Å²) in [5.74, 6) is 0.625. The Kier molecular flexibility index (Phi) is 7.92. The Labute approximate surface area is 193 Å². The van der Waals surface area contributed by atoms with Crippen molar-refractivity contribution >= 4 is 17.6 Å². The standard InChI is InChI=1S/C26H40N4O2/c1-18(16-25(3,4)5)14-24(32)29(9)17-23(31)27-22-15-21(26(6,7)8)28-30(22)20-13-11-10-12-19(20)2/h10-13,15,18H,14,16-17H2,1-9H3,(H,27,31). The lowest BCUT2D eigenvalue weighted by atomic mass is 9.84. The van der Waals surface area contributed by atoms with Gasteiger partial charge in [-0.1, -0.05) is 66.7 Å². The van der Waals surface area contributed by atoms with Crippen LogP contribution in [-0.2, 0) is 15.0 Å². The fourth-order valence-electron chi connectivity index (χ4n) is 3.88. The Morgan fingerprint density at radius 1 is 1.12 bits per heavy atom. The molecule has 0 aliphatic heterocycles. The quantitative estimate of drug-likeness (QED) is 0.632. The van der Waals surface area contributed by atoms with Crippen LogP contribution in [0.15, 0.2) is 30.3 Å². The summed E-state index contributed by atoms with van der Waals surface area (Å²) in [5, 5.41) is 7.75. The number of aryl methyl sites for hydroxylation is 1. The van der Waals surface area contributed by atoms with Gasteiger partial charge in [-0.05, 0) is 36.3 Å². The molecule has 32 heavy (non-hydrogen) atoms. The van der Waals surface area contributed by atoms with Gasteiger partial charge in [0.15, 0.2) is 0 Å². The summed E-state index contributed by atoms with van der Waals surface area (Å²) in [6, 6.07) is 9.85. The van der Waals surface area contributed by atoms with E-state index >= 15 is 0 Å². The molecule has 0 bridgehead atoms. The largest absolute Gasteiger partial charge is 0.336 e. The summed E-state index contributed by atoms with van der Waals surface area (Å²) < 4.78 is 1.78. The molecule has 0 aliphatic rings. The second-order valence-corrected chi connectivity index (χ2v) is 11.2. The molecule has 1 atom stereocenters.